The molecular formula is C24H26N4O3S. The van der Waals surface area contributed by atoms with E-state index in [4.69, 9.17) is 0 Å². The second-order valence-electron chi connectivity index (χ2n) is 7.53. The van der Waals surface area contributed by atoms with E-state index in [1.807, 2.05) is 51.1 Å². The Hall–Kier alpha value is -3.52. The Kier molecular flexibility index (Phi) is 7.72. The fraction of sp³-hybridized carbons (Fsp3) is 0.250. The number of anilines is 1. The van der Waals surface area contributed by atoms with Crippen molar-refractivity contribution in [1.82, 2.24) is 15.6 Å². The summed E-state index contributed by atoms with van der Waals surface area (Å²) in [6.07, 6.45) is 0. The van der Waals surface area contributed by atoms with Crippen LogP contribution in [0, 0.1) is 12.8 Å². The van der Waals surface area contributed by atoms with Crippen molar-refractivity contribution in [3.63, 3.8) is 0 Å². The van der Waals surface area contributed by atoms with Crippen LogP contribution in [-0.4, -0.2) is 35.8 Å². The van der Waals surface area contributed by atoms with Gasteiger partial charge in [0.05, 0.1) is 5.69 Å². The van der Waals surface area contributed by atoms with Crippen molar-refractivity contribution in [2.75, 3.05) is 18.4 Å². The molecule has 1 heterocycles. The number of amides is 3. The number of hydrogen-bond acceptors (Lipinski definition) is 5. The number of hydrogen-bond donors (Lipinski definition) is 3. The first kappa shape index (κ1) is 23.1. The second kappa shape index (κ2) is 10.7. The van der Waals surface area contributed by atoms with Crippen LogP contribution in [0.25, 0.3) is 10.6 Å². The fourth-order valence-electron chi connectivity index (χ4n) is 2.84. The third kappa shape index (κ3) is 6.01. The summed E-state index contributed by atoms with van der Waals surface area (Å²) in [4.78, 5) is 41.6. The summed E-state index contributed by atoms with van der Waals surface area (Å²) in [5.41, 5.74) is 2.77. The lowest BCUT2D eigenvalue weighted by Gasteiger charge is -2.09. The summed E-state index contributed by atoms with van der Waals surface area (Å²) >= 11 is 1.35. The van der Waals surface area contributed by atoms with Crippen LogP contribution >= 0.6 is 11.3 Å². The molecule has 32 heavy (non-hydrogen) atoms. The second-order valence-corrected chi connectivity index (χ2v) is 8.53. The van der Waals surface area contributed by atoms with Crippen molar-refractivity contribution in [2.45, 2.75) is 20.8 Å². The van der Waals surface area contributed by atoms with Crippen LogP contribution in [0.15, 0.2) is 54.6 Å². The van der Waals surface area contributed by atoms with Gasteiger partial charge in [-0.2, -0.15) is 0 Å². The van der Waals surface area contributed by atoms with E-state index < -0.39 is 0 Å². The van der Waals surface area contributed by atoms with Crippen LogP contribution in [0.2, 0.25) is 0 Å². The molecule has 3 rings (SSSR count). The first-order valence-electron chi connectivity index (χ1n) is 10.4. The lowest BCUT2D eigenvalue weighted by atomic mass is 10.1. The number of nitrogens with zero attached hydrogens (tertiary/aromatic N) is 1. The summed E-state index contributed by atoms with van der Waals surface area (Å²) < 4.78 is 0. The van der Waals surface area contributed by atoms with Gasteiger partial charge in [-0.25, -0.2) is 4.98 Å². The number of aryl methyl sites for hydroxylation is 1. The zero-order valence-corrected chi connectivity index (χ0v) is 19.1. The van der Waals surface area contributed by atoms with Crippen molar-refractivity contribution >= 4 is 34.7 Å². The molecule has 1 aromatic heterocycles. The van der Waals surface area contributed by atoms with Crippen molar-refractivity contribution in [3.8, 4) is 10.6 Å². The number of thiazole rings is 1. The number of carbonyl (C=O) groups is 3. The number of benzene rings is 2. The molecule has 3 aromatic rings. The maximum Gasteiger partial charge on any atom is 0.263 e. The molecule has 166 valence electrons. The van der Waals surface area contributed by atoms with Crippen LogP contribution in [-0.2, 0) is 4.79 Å². The maximum atomic E-state index is 12.5. The monoisotopic (exact) mass is 450 g/mol. The van der Waals surface area contributed by atoms with Gasteiger partial charge in [-0.1, -0.05) is 44.2 Å². The summed E-state index contributed by atoms with van der Waals surface area (Å²) in [7, 11) is 0. The Morgan fingerprint density at radius 3 is 2.16 bits per heavy atom. The van der Waals surface area contributed by atoms with Crippen LogP contribution in [0.4, 0.5) is 5.69 Å². The topological polar surface area (TPSA) is 100 Å². The van der Waals surface area contributed by atoms with Gasteiger partial charge in [0, 0.05) is 35.8 Å². The number of rotatable bonds is 8. The molecule has 0 fully saturated rings. The first-order valence-corrected chi connectivity index (χ1v) is 11.2. The van der Waals surface area contributed by atoms with E-state index in [1.165, 1.54) is 11.3 Å². The van der Waals surface area contributed by atoms with Gasteiger partial charge in [0.1, 0.15) is 9.88 Å². The Morgan fingerprint density at radius 1 is 0.906 bits per heavy atom. The number of aromatic nitrogens is 1. The molecule has 0 spiro atoms. The molecule has 0 unspecified atom stereocenters. The highest BCUT2D eigenvalue weighted by Gasteiger charge is 2.16. The summed E-state index contributed by atoms with van der Waals surface area (Å²) in [6.45, 7) is 6.03. The molecular weight excluding hydrogens is 424 g/mol. The molecule has 2 aromatic carbocycles. The molecule has 0 saturated heterocycles. The summed E-state index contributed by atoms with van der Waals surface area (Å²) in [6, 6.07) is 16.4. The van der Waals surface area contributed by atoms with E-state index in [1.54, 1.807) is 24.3 Å². The molecule has 3 N–H and O–H groups in total. The van der Waals surface area contributed by atoms with Crippen molar-refractivity contribution in [1.29, 1.82) is 0 Å². The highest BCUT2D eigenvalue weighted by Crippen LogP contribution is 2.27. The van der Waals surface area contributed by atoms with E-state index in [0.717, 1.165) is 10.6 Å². The first-order chi connectivity index (χ1) is 15.3. The van der Waals surface area contributed by atoms with E-state index in [2.05, 4.69) is 20.9 Å². The van der Waals surface area contributed by atoms with Crippen LogP contribution < -0.4 is 16.0 Å². The smallest absolute Gasteiger partial charge is 0.263 e. The number of carbonyl (C=O) groups excluding carboxylic acids is 3. The van der Waals surface area contributed by atoms with Crippen LogP contribution in [0.3, 0.4) is 0 Å². The minimum Gasteiger partial charge on any atom is -0.350 e. The average Bonchev–Trinajstić information content (AvgIpc) is 3.19. The molecule has 3 amide bonds. The van der Waals surface area contributed by atoms with Gasteiger partial charge in [-0.3, -0.25) is 14.4 Å². The fourth-order valence-corrected chi connectivity index (χ4v) is 3.83. The van der Waals surface area contributed by atoms with Gasteiger partial charge in [0.15, 0.2) is 0 Å². The molecule has 8 heteroatoms. The molecule has 0 aliphatic rings. The lowest BCUT2D eigenvalue weighted by molar-refractivity contribution is -0.118. The molecule has 0 atom stereocenters. The minimum atomic E-state index is -0.249. The average molecular weight is 451 g/mol. The lowest BCUT2D eigenvalue weighted by Crippen LogP contribution is -2.34. The maximum absolute atomic E-state index is 12.5. The van der Waals surface area contributed by atoms with Gasteiger partial charge in [-0.05, 0) is 31.2 Å². The third-order valence-electron chi connectivity index (χ3n) is 4.66. The van der Waals surface area contributed by atoms with Gasteiger partial charge >= 0.3 is 0 Å². The van der Waals surface area contributed by atoms with E-state index >= 15 is 0 Å². The van der Waals surface area contributed by atoms with Crippen LogP contribution in [0.5, 0.6) is 0 Å². The van der Waals surface area contributed by atoms with Gasteiger partial charge in [-0.15, -0.1) is 11.3 Å². The molecule has 0 aliphatic heterocycles. The summed E-state index contributed by atoms with van der Waals surface area (Å²) in [5.74, 6) is -0.653. The van der Waals surface area contributed by atoms with Crippen LogP contribution in [0.1, 0.15) is 39.6 Å². The quantitative estimate of drug-likeness (QED) is 0.454. The minimum absolute atomic E-state index is 0.0787. The van der Waals surface area contributed by atoms with Gasteiger partial charge < -0.3 is 16.0 Å². The largest absolute Gasteiger partial charge is 0.350 e. The zero-order valence-electron chi connectivity index (χ0n) is 18.3. The molecule has 0 aliphatic carbocycles. The third-order valence-corrected chi connectivity index (χ3v) is 5.86. The van der Waals surface area contributed by atoms with Crippen molar-refractivity contribution in [2.24, 2.45) is 5.92 Å². The molecule has 0 radical (unpaired) electrons. The summed E-state index contributed by atoms with van der Waals surface area (Å²) in [5, 5.41) is 9.18. The zero-order chi connectivity index (χ0) is 23.1. The highest BCUT2D eigenvalue weighted by atomic mass is 32.1. The number of nitrogens with one attached hydrogen (secondary N) is 3. The van der Waals surface area contributed by atoms with E-state index in [9.17, 15) is 14.4 Å². The Morgan fingerprint density at radius 2 is 1.53 bits per heavy atom. The predicted molar refractivity (Wildman–Crippen MR) is 127 cm³/mol. The van der Waals surface area contributed by atoms with Crippen molar-refractivity contribution < 1.29 is 14.4 Å². The Bertz CT molecular complexity index is 1090. The Labute approximate surface area is 191 Å². The Balaban J connectivity index is 1.47. The van der Waals surface area contributed by atoms with E-state index in [0.29, 0.717) is 34.9 Å². The van der Waals surface area contributed by atoms with Crippen molar-refractivity contribution in [3.05, 3.63) is 70.7 Å². The van der Waals surface area contributed by atoms with E-state index in [-0.39, 0.29) is 23.6 Å². The molecule has 7 nitrogen and oxygen atoms in total. The SMILES string of the molecule is Cc1nc(-c2ccccc2)sc1C(=O)NCCNC(=O)c1ccc(NC(=O)C(C)C)cc1. The van der Waals surface area contributed by atoms with Gasteiger partial charge in [0.2, 0.25) is 5.91 Å². The highest BCUT2D eigenvalue weighted by molar-refractivity contribution is 7.17. The van der Waals surface area contributed by atoms with Gasteiger partial charge in [0.25, 0.3) is 11.8 Å². The molecule has 0 bridgehead atoms. The molecule has 0 saturated carbocycles. The standard InChI is InChI=1S/C24H26N4O3S/c1-15(2)21(29)28-19-11-9-17(10-12-19)22(30)25-13-14-26-23(31)20-16(3)27-24(32-20)18-7-5-4-6-8-18/h4-12,15H,13-14H2,1-3H3,(H,25,30)(H,26,31)(H,28,29). The predicted octanol–water partition coefficient (Wildman–Crippen LogP) is 3.87. The normalized spacial score (nSPS) is 10.6.